The summed E-state index contributed by atoms with van der Waals surface area (Å²) in [6, 6.07) is 1.75. The third-order valence-electron chi connectivity index (χ3n) is 1.85. The van der Waals surface area contributed by atoms with Gasteiger partial charge in [-0.05, 0) is 12.1 Å². The summed E-state index contributed by atoms with van der Waals surface area (Å²) in [5.41, 5.74) is 0.272. The molecule has 1 aliphatic heterocycles. The molecule has 0 aliphatic carbocycles. The molecule has 1 aromatic heterocycles. The zero-order valence-corrected chi connectivity index (χ0v) is 6.29. The SMILES string of the molecule is O=C(O)C1=c2cc[nH]c2=CCN1. The first-order valence-corrected chi connectivity index (χ1v) is 3.64. The van der Waals surface area contributed by atoms with Gasteiger partial charge in [-0.3, -0.25) is 0 Å². The number of rotatable bonds is 1. The molecule has 0 spiro atoms. The van der Waals surface area contributed by atoms with Gasteiger partial charge in [0.05, 0.1) is 0 Å². The molecule has 0 unspecified atom stereocenters. The monoisotopic (exact) mass is 164 g/mol. The van der Waals surface area contributed by atoms with Gasteiger partial charge in [-0.15, -0.1) is 0 Å². The first-order valence-electron chi connectivity index (χ1n) is 3.64. The highest BCUT2D eigenvalue weighted by atomic mass is 16.4. The van der Waals surface area contributed by atoms with E-state index in [0.29, 0.717) is 6.54 Å². The molecule has 1 aliphatic rings. The second-order valence-corrected chi connectivity index (χ2v) is 2.57. The lowest BCUT2D eigenvalue weighted by Crippen LogP contribution is -2.39. The molecule has 0 saturated heterocycles. The van der Waals surface area contributed by atoms with E-state index in [1.165, 1.54) is 0 Å². The molecular weight excluding hydrogens is 156 g/mol. The summed E-state index contributed by atoms with van der Waals surface area (Å²) in [4.78, 5) is 13.7. The molecule has 0 amide bonds. The fraction of sp³-hybridized carbons (Fsp3) is 0.125. The van der Waals surface area contributed by atoms with Crippen LogP contribution < -0.4 is 15.9 Å². The normalized spacial score (nSPS) is 14.5. The van der Waals surface area contributed by atoms with E-state index in [1.54, 1.807) is 12.3 Å². The number of fused-ring (bicyclic) bond motifs is 1. The van der Waals surface area contributed by atoms with Crippen molar-refractivity contribution >= 4 is 17.7 Å². The summed E-state index contributed by atoms with van der Waals surface area (Å²) in [6.45, 7) is 0.565. The second-order valence-electron chi connectivity index (χ2n) is 2.57. The van der Waals surface area contributed by atoms with E-state index in [-0.39, 0.29) is 5.70 Å². The molecule has 2 heterocycles. The molecule has 0 bridgehead atoms. The number of carboxylic acid groups (broad SMARTS) is 1. The average molecular weight is 164 g/mol. The van der Waals surface area contributed by atoms with Gasteiger partial charge < -0.3 is 15.4 Å². The molecule has 4 nitrogen and oxygen atoms in total. The van der Waals surface area contributed by atoms with Crippen LogP contribution in [0.3, 0.4) is 0 Å². The fourth-order valence-corrected chi connectivity index (χ4v) is 1.31. The lowest BCUT2D eigenvalue weighted by molar-refractivity contribution is -0.130. The number of aromatic amines is 1. The summed E-state index contributed by atoms with van der Waals surface area (Å²) in [5, 5.41) is 13.2. The van der Waals surface area contributed by atoms with Gasteiger partial charge in [0.25, 0.3) is 0 Å². The number of carbonyl (C=O) groups is 1. The summed E-state index contributed by atoms with van der Waals surface area (Å²) in [5.74, 6) is -0.913. The maximum Gasteiger partial charge on any atom is 0.352 e. The average Bonchev–Trinajstić information content (AvgIpc) is 2.49. The zero-order valence-electron chi connectivity index (χ0n) is 6.29. The maximum atomic E-state index is 10.7. The second kappa shape index (κ2) is 2.41. The molecule has 4 heteroatoms. The number of aliphatic carboxylic acids is 1. The van der Waals surface area contributed by atoms with Gasteiger partial charge in [0.1, 0.15) is 5.70 Å². The van der Waals surface area contributed by atoms with Crippen molar-refractivity contribution in [3.8, 4) is 0 Å². The van der Waals surface area contributed by atoms with Crippen molar-refractivity contribution in [1.29, 1.82) is 0 Å². The van der Waals surface area contributed by atoms with E-state index in [1.807, 2.05) is 6.08 Å². The lowest BCUT2D eigenvalue weighted by Gasteiger charge is -2.06. The van der Waals surface area contributed by atoms with Gasteiger partial charge in [0.15, 0.2) is 0 Å². The maximum absolute atomic E-state index is 10.7. The number of nitrogens with one attached hydrogen (secondary N) is 2. The van der Waals surface area contributed by atoms with Crippen LogP contribution in [-0.2, 0) is 4.79 Å². The third-order valence-corrected chi connectivity index (χ3v) is 1.85. The number of hydrogen-bond donors (Lipinski definition) is 3. The van der Waals surface area contributed by atoms with Crippen LogP contribution in [-0.4, -0.2) is 22.6 Å². The molecule has 0 fully saturated rings. The number of carboxylic acids is 1. The highest BCUT2D eigenvalue weighted by Crippen LogP contribution is 1.88. The van der Waals surface area contributed by atoms with Crippen LogP contribution in [0.4, 0.5) is 0 Å². The van der Waals surface area contributed by atoms with E-state index in [4.69, 9.17) is 5.11 Å². The summed E-state index contributed by atoms with van der Waals surface area (Å²) in [7, 11) is 0. The molecule has 2 rings (SSSR count). The zero-order chi connectivity index (χ0) is 8.55. The highest BCUT2D eigenvalue weighted by molar-refractivity contribution is 6.07. The Hall–Kier alpha value is -1.71. The molecule has 0 radical (unpaired) electrons. The highest BCUT2D eigenvalue weighted by Gasteiger charge is 2.10. The Balaban J connectivity index is 2.81. The van der Waals surface area contributed by atoms with Gasteiger partial charge in [0, 0.05) is 23.3 Å². The van der Waals surface area contributed by atoms with E-state index >= 15 is 0 Å². The van der Waals surface area contributed by atoms with Crippen LogP contribution in [0, 0.1) is 0 Å². The van der Waals surface area contributed by atoms with Gasteiger partial charge in [-0.1, -0.05) is 0 Å². The van der Waals surface area contributed by atoms with Crippen LogP contribution in [0.2, 0.25) is 0 Å². The summed E-state index contributed by atoms with van der Waals surface area (Å²) >= 11 is 0. The molecule has 12 heavy (non-hydrogen) atoms. The van der Waals surface area contributed by atoms with Crippen molar-refractivity contribution in [2.45, 2.75) is 0 Å². The Morgan fingerprint density at radius 3 is 3.17 bits per heavy atom. The quantitative estimate of drug-likeness (QED) is 0.478. The van der Waals surface area contributed by atoms with Gasteiger partial charge in [0.2, 0.25) is 0 Å². The molecule has 0 atom stereocenters. The van der Waals surface area contributed by atoms with Crippen LogP contribution in [0.25, 0.3) is 11.8 Å². The van der Waals surface area contributed by atoms with E-state index < -0.39 is 5.97 Å². The van der Waals surface area contributed by atoms with Crippen LogP contribution in [0.5, 0.6) is 0 Å². The van der Waals surface area contributed by atoms with E-state index in [9.17, 15) is 4.79 Å². The molecule has 0 saturated carbocycles. The van der Waals surface area contributed by atoms with Crippen LogP contribution in [0.15, 0.2) is 12.3 Å². The molecular formula is C8H8N2O2. The van der Waals surface area contributed by atoms with Gasteiger partial charge in [-0.2, -0.15) is 0 Å². The van der Waals surface area contributed by atoms with Gasteiger partial charge in [-0.25, -0.2) is 4.79 Å². The molecule has 3 N–H and O–H groups in total. The number of aromatic nitrogens is 1. The Bertz CT molecular complexity index is 430. The third kappa shape index (κ3) is 0.887. The minimum atomic E-state index is -0.913. The Morgan fingerprint density at radius 1 is 1.58 bits per heavy atom. The van der Waals surface area contributed by atoms with Gasteiger partial charge >= 0.3 is 5.97 Å². The standard InChI is InChI=1S/C8H8N2O2/c11-8(12)7-5-1-3-9-6(5)2-4-10-7/h1-3,9-10H,4H2,(H,11,12). The molecule has 0 aromatic carbocycles. The van der Waals surface area contributed by atoms with E-state index in [2.05, 4.69) is 10.3 Å². The topological polar surface area (TPSA) is 65.1 Å². The minimum Gasteiger partial charge on any atom is -0.477 e. The first kappa shape index (κ1) is 6.97. The van der Waals surface area contributed by atoms with Crippen LogP contribution >= 0.6 is 0 Å². The van der Waals surface area contributed by atoms with Crippen LogP contribution in [0.1, 0.15) is 0 Å². The Morgan fingerprint density at radius 2 is 2.42 bits per heavy atom. The first-order chi connectivity index (χ1) is 5.79. The lowest BCUT2D eigenvalue weighted by atomic mass is 10.2. The summed E-state index contributed by atoms with van der Waals surface area (Å²) in [6.07, 6.45) is 3.65. The van der Waals surface area contributed by atoms with Crippen molar-refractivity contribution in [1.82, 2.24) is 10.3 Å². The largest absolute Gasteiger partial charge is 0.477 e. The fourth-order valence-electron chi connectivity index (χ4n) is 1.31. The Kier molecular flexibility index (Phi) is 1.40. The van der Waals surface area contributed by atoms with Crippen molar-refractivity contribution in [2.24, 2.45) is 0 Å². The number of hydrogen-bond acceptors (Lipinski definition) is 2. The van der Waals surface area contributed by atoms with Crippen molar-refractivity contribution in [2.75, 3.05) is 6.54 Å². The molecule has 1 aromatic rings. The van der Waals surface area contributed by atoms with Crippen molar-refractivity contribution < 1.29 is 9.90 Å². The Labute approximate surface area is 68.2 Å². The predicted molar refractivity (Wildman–Crippen MR) is 43.6 cm³/mol. The summed E-state index contributed by atoms with van der Waals surface area (Å²) < 4.78 is 0. The molecule has 62 valence electrons. The van der Waals surface area contributed by atoms with Crippen molar-refractivity contribution in [3.05, 3.63) is 22.8 Å². The van der Waals surface area contributed by atoms with E-state index in [0.717, 1.165) is 10.6 Å². The number of H-pyrrole nitrogens is 1. The van der Waals surface area contributed by atoms with Crippen molar-refractivity contribution in [3.63, 3.8) is 0 Å². The predicted octanol–water partition coefficient (Wildman–Crippen LogP) is -1.41. The smallest absolute Gasteiger partial charge is 0.352 e. The minimum absolute atomic E-state index is 0.272.